The Bertz CT molecular complexity index is 204. The molecule has 0 aliphatic carbocycles. The van der Waals surface area contributed by atoms with E-state index >= 15 is 0 Å². The maximum absolute atomic E-state index is 11.2. The Labute approximate surface area is 80.5 Å². The van der Waals surface area contributed by atoms with E-state index in [4.69, 9.17) is 0 Å². The van der Waals surface area contributed by atoms with Crippen molar-refractivity contribution in [3.63, 3.8) is 0 Å². The summed E-state index contributed by atoms with van der Waals surface area (Å²) in [6, 6.07) is 0.843. The smallest absolute Gasteiger partial charge is 0.323 e. The van der Waals surface area contributed by atoms with Crippen LogP contribution >= 0.6 is 0 Å². The van der Waals surface area contributed by atoms with Gasteiger partial charge in [0, 0.05) is 8.07 Å². The molecule has 1 saturated heterocycles. The molecule has 0 spiro atoms. The van der Waals surface area contributed by atoms with E-state index in [1.807, 2.05) is 0 Å². The van der Waals surface area contributed by atoms with Gasteiger partial charge in [0.2, 0.25) is 0 Å². The summed E-state index contributed by atoms with van der Waals surface area (Å²) in [5, 5.41) is 12.3. The lowest BCUT2D eigenvalue weighted by Crippen LogP contribution is -2.51. The molecule has 1 aliphatic rings. The van der Waals surface area contributed by atoms with Crippen LogP contribution in [0.5, 0.6) is 0 Å². The number of rotatable bonds is 3. The van der Waals surface area contributed by atoms with Gasteiger partial charge in [-0.3, -0.25) is 4.79 Å². The largest absolute Gasteiger partial charge is 0.480 e. The van der Waals surface area contributed by atoms with E-state index in [1.54, 1.807) is 0 Å². The van der Waals surface area contributed by atoms with Crippen LogP contribution in [-0.4, -0.2) is 31.2 Å². The van der Waals surface area contributed by atoms with Gasteiger partial charge in [0.1, 0.15) is 5.54 Å². The van der Waals surface area contributed by atoms with Gasteiger partial charge in [0.25, 0.3) is 0 Å². The molecule has 0 bridgehead atoms. The second kappa shape index (κ2) is 3.42. The minimum absolute atomic E-state index is 0.593. The molecule has 1 aliphatic heterocycles. The maximum Gasteiger partial charge on any atom is 0.323 e. The summed E-state index contributed by atoms with van der Waals surface area (Å²) in [4.78, 5) is 11.2. The fraction of sp³-hybridized carbons (Fsp3) is 0.889. The van der Waals surface area contributed by atoms with Crippen molar-refractivity contribution in [1.82, 2.24) is 5.32 Å². The van der Waals surface area contributed by atoms with Gasteiger partial charge in [-0.25, -0.2) is 0 Å². The van der Waals surface area contributed by atoms with E-state index in [0.29, 0.717) is 0 Å². The number of carbonyl (C=O) groups is 1. The predicted octanol–water partition coefficient (Wildman–Crippen LogP) is 1.53. The van der Waals surface area contributed by atoms with Gasteiger partial charge < -0.3 is 10.4 Å². The molecule has 0 aromatic rings. The number of carboxylic acids is 1. The van der Waals surface area contributed by atoms with Gasteiger partial charge in [-0.2, -0.15) is 0 Å². The van der Waals surface area contributed by atoms with Crippen molar-refractivity contribution in [1.29, 1.82) is 0 Å². The Morgan fingerprint density at radius 1 is 1.54 bits per heavy atom. The lowest BCUT2D eigenvalue weighted by Gasteiger charge is -2.30. The molecule has 1 unspecified atom stereocenters. The van der Waals surface area contributed by atoms with Crippen molar-refractivity contribution < 1.29 is 9.90 Å². The third kappa shape index (κ3) is 2.54. The minimum atomic E-state index is -1.30. The van der Waals surface area contributed by atoms with Crippen LogP contribution in [0.15, 0.2) is 0 Å². The molecule has 2 N–H and O–H groups in total. The van der Waals surface area contributed by atoms with Gasteiger partial charge in [-0.15, -0.1) is 0 Å². The van der Waals surface area contributed by atoms with Crippen molar-refractivity contribution in [3.05, 3.63) is 0 Å². The van der Waals surface area contributed by atoms with Crippen LogP contribution in [0.2, 0.25) is 25.7 Å². The highest BCUT2D eigenvalue weighted by molar-refractivity contribution is 6.76. The third-order valence-electron chi connectivity index (χ3n) is 2.49. The summed E-state index contributed by atoms with van der Waals surface area (Å²) < 4.78 is 0. The van der Waals surface area contributed by atoms with Gasteiger partial charge in [-0.05, 0) is 25.4 Å². The first-order valence-corrected chi connectivity index (χ1v) is 8.55. The second-order valence-corrected chi connectivity index (χ2v) is 10.6. The van der Waals surface area contributed by atoms with Gasteiger partial charge in [0.05, 0.1) is 0 Å². The molecule has 1 heterocycles. The standard InChI is InChI=1S/C9H19NO2Si/c1-13(2,3)7-9(8(11)12)5-4-6-10-9/h10H,4-7H2,1-3H3,(H,11,12). The summed E-state index contributed by atoms with van der Waals surface area (Å²) in [6.07, 6.45) is 1.80. The summed E-state index contributed by atoms with van der Waals surface area (Å²) >= 11 is 0. The number of aliphatic carboxylic acids is 1. The van der Waals surface area contributed by atoms with Crippen molar-refractivity contribution in [3.8, 4) is 0 Å². The van der Waals surface area contributed by atoms with Crippen molar-refractivity contribution >= 4 is 14.0 Å². The van der Waals surface area contributed by atoms with E-state index in [0.717, 1.165) is 25.4 Å². The van der Waals surface area contributed by atoms with Crippen LogP contribution < -0.4 is 5.32 Å². The molecule has 1 rings (SSSR count). The second-order valence-electron chi connectivity index (χ2n) is 5.16. The Kier molecular flexibility index (Phi) is 2.82. The van der Waals surface area contributed by atoms with Crippen LogP contribution in [-0.2, 0) is 4.79 Å². The summed E-state index contributed by atoms with van der Waals surface area (Å²) in [5.41, 5.74) is -0.593. The molecule has 3 nitrogen and oxygen atoms in total. The lowest BCUT2D eigenvalue weighted by molar-refractivity contribution is -0.143. The number of carboxylic acid groups (broad SMARTS) is 1. The maximum atomic E-state index is 11.2. The third-order valence-corrected chi connectivity index (χ3v) is 4.15. The average Bonchev–Trinajstić information content (AvgIpc) is 2.33. The molecule has 1 fully saturated rings. The predicted molar refractivity (Wildman–Crippen MR) is 55.8 cm³/mol. The van der Waals surface area contributed by atoms with Crippen LogP contribution in [0.4, 0.5) is 0 Å². The number of hydrogen-bond donors (Lipinski definition) is 2. The summed E-state index contributed by atoms with van der Waals surface area (Å²) in [5.74, 6) is -0.660. The minimum Gasteiger partial charge on any atom is -0.480 e. The van der Waals surface area contributed by atoms with Crippen LogP contribution in [0.3, 0.4) is 0 Å². The molecular formula is C9H19NO2Si. The highest BCUT2D eigenvalue weighted by Crippen LogP contribution is 2.29. The SMILES string of the molecule is C[Si](C)(C)CC1(C(=O)O)CCCN1. The van der Waals surface area contributed by atoms with Crippen LogP contribution in [0, 0.1) is 0 Å². The highest BCUT2D eigenvalue weighted by atomic mass is 28.3. The monoisotopic (exact) mass is 201 g/mol. The first-order valence-electron chi connectivity index (χ1n) is 4.84. The molecule has 0 radical (unpaired) electrons. The molecule has 13 heavy (non-hydrogen) atoms. The first-order chi connectivity index (χ1) is 5.86. The molecule has 0 saturated carbocycles. The number of nitrogens with one attached hydrogen (secondary N) is 1. The van der Waals surface area contributed by atoms with Gasteiger partial charge in [-0.1, -0.05) is 19.6 Å². The zero-order valence-corrected chi connectivity index (χ0v) is 9.68. The van der Waals surface area contributed by atoms with Crippen molar-refractivity contribution in [2.24, 2.45) is 0 Å². The number of hydrogen-bond acceptors (Lipinski definition) is 2. The first kappa shape index (κ1) is 10.7. The van der Waals surface area contributed by atoms with E-state index in [1.165, 1.54) is 0 Å². The molecule has 76 valence electrons. The zero-order chi connectivity index (χ0) is 10.1. The molecule has 4 heteroatoms. The van der Waals surface area contributed by atoms with Crippen LogP contribution in [0.25, 0.3) is 0 Å². The Morgan fingerprint density at radius 3 is 2.46 bits per heavy atom. The van der Waals surface area contributed by atoms with Gasteiger partial charge >= 0.3 is 5.97 Å². The molecular weight excluding hydrogens is 182 g/mol. The Balaban J connectivity index is 2.74. The fourth-order valence-corrected chi connectivity index (χ4v) is 4.38. The normalized spacial score (nSPS) is 29.2. The molecule has 0 aromatic carbocycles. The van der Waals surface area contributed by atoms with E-state index in [2.05, 4.69) is 25.0 Å². The van der Waals surface area contributed by atoms with Gasteiger partial charge in [0.15, 0.2) is 0 Å². The molecule has 0 amide bonds. The van der Waals surface area contributed by atoms with Crippen molar-refractivity contribution in [2.45, 2.75) is 44.1 Å². The molecule has 0 aromatic heterocycles. The highest BCUT2D eigenvalue weighted by Gasteiger charge is 2.43. The topological polar surface area (TPSA) is 49.3 Å². The van der Waals surface area contributed by atoms with Crippen LogP contribution in [0.1, 0.15) is 12.8 Å². The molecule has 1 atom stereocenters. The Morgan fingerprint density at radius 2 is 2.15 bits per heavy atom. The van der Waals surface area contributed by atoms with E-state index < -0.39 is 19.6 Å². The van der Waals surface area contributed by atoms with E-state index in [-0.39, 0.29) is 0 Å². The van der Waals surface area contributed by atoms with Crippen molar-refractivity contribution in [2.75, 3.05) is 6.54 Å². The zero-order valence-electron chi connectivity index (χ0n) is 8.68. The quantitative estimate of drug-likeness (QED) is 0.681. The summed E-state index contributed by atoms with van der Waals surface area (Å²) in [7, 11) is -1.30. The van der Waals surface area contributed by atoms with E-state index in [9.17, 15) is 9.90 Å². The summed E-state index contributed by atoms with van der Waals surface area (Å²) in [6.45, 7) is 7.52. The fourth-order valence-electron chi connectivity index (χ4n) is 2.12. The lowest BCUT2D eigenvalue weighted by atomic mass is 10.0. The Hall–Kier alpha value is -0.353. The average molecular weight is 201 g/mol.